The zero-order valence-corrected chi connectivity index (χ0v) is 9.56. The third-order valence-electron chi connectivity index (χ3n) is 2.29. The molecular formula is C10H19NOS. The Kier molecular flexibility index (Phi) is 3.65. The first kappa shape index (κ1) is 10.9. The molecule has 0 amide bonds. The van der Waals surface area contributed by atoms with Crippen LogP contribution in [0.25, 0.3) is 0 Å². The van der Waals surface area contributed by atoms with Crippen molar-refractivity contribution in [2.45, 2.75) is 51.2 Å². The van der Waals surface area contributed by atoms with Crippen molar-refractivity contribution in [2.24, 2.45) is 10.3 Å². The number of hydrogen-bond acceptors (Lipinski definition) is 1. The molecule has 13 heavy (non-hydrogen) atoms. The minimum absolute atomic E-state index is 0.213. The Hall–Kier alpha value is -0.180. The van der Waals surface area contributed by atoms with Crippen molar-refractivity contribution in [1.82, 2.24) is 0 Å². The fourth-order valence-corrected chi connectivity index (χ4v) is 2.00. The van der Waals surface area contributed by atoms with Crippen LogP contribution in [0.2, 0.25) is 0 Å². The first-order valence-corrected chi connectivity index (χ1v) is 6.07. The molecule has 0 aromatic rings. The van der Waals surface area contributed by atoms with Crippen molar-refractivity contribution < 1.29 is 4.21 Å². The van der Waals surface area contributed by atoms with Crippen LogP contribution in [0.5, 0.6) is 0 Å². The molecule has 0 aromatic heterocycles. The van der Waals surface area contributed by atoms with Gasteiger partial charge >= 0.3 is 0 Å². The summed E-state index contributed by atoms with van der Waals surface area (Å²) in [6.07, 6.45) is 6.97. The largest absolute Gasteiger partial charge is 0.234 e. The predicted molar refractivity (Wildman–Crippen MR) is 58.3 cm³/mol. The van der Waals surface area contributed by atoms with Crippen LogP contribution in [0.1, 0.15) is 46.5 Å². The van der Waals surface area contributed by atoms with Gasteiger partial charge in [0, 0.05) is 6.21 Å². The standard InChI is InChI=1S/C10H19NOS/c1-10(2,3)13(12)11-8-9-6-4-5-7-9/h8-9H,4-7H2,1-3H3/b11-8+/t13-/m1/s1. The topological polar surface area (TPSA) is 29.4 Å². The van der Waals surface area contributed by atoms with Crippen molar-refractivity contribution in [3.8, 4) is 0 Å². The van der Waals surface area contributed by atoms with Crippen molar-refractivity contribution in [2.75, 3.05) is 0 Å². The van der Waals surface area contributed by atoms with Gasteiger partial charge < -0.3 is 0 Å². The summed E-state index contributed by atoms with van der Waals surface area (Å²) >= 11 is 0. The SMILES string of the molecule is CC(C)(C)[S@@](=O)/N=C/C1CCCC1. The lowest BCUT2D eigenvalue weighted by molar-refractivity contribution is 0.650. The Labute approximate surface area is 83.4 Å². The third kappa shape index (κ3) is 3.59. The van der Waals surface area contributed by atoms with Crippen LogP contribution in [-0.4, -0.2) is 15.2 Å². The highest BCUT2D eigenvalue weighted by Gasteiger charge is 2.19. The summed E-state index contributed by atoms with van der Waals surface area (Å²) < 4.78 is 15.4. The molecule has 1 atom stereocenters. The molecule has 0 bridgehead atoms. The number of rotatable bonds is 2. The molecule has 0 unspecified atom stereocenters. The Balaban J connectivity index is 2.43. The lowest BCUT2D eigenvalue weighted by Gasteiger charge is -2.13. The van der Waals surface area contributed by atoms with E-state index in [-0.39, 0.29) is 4.75 Å². The summed E-state index contributed by atoms with van der Waals surface area (Å²) in [6, 6.07) is 0. The lowest BCUT2D eigenvalue weighted by atomic mass is 10.1. The van der Waals surface area contributed by atoms with E-state index in [1.165, 1.54) is 25.7 Å². The second-order valence-corrected chi connectivity index (χ2v) is 6.59. The van der Waals surface area contributed by atoms with Gasteiger partial charge in [-0.05, 0) is 39.5 Å². The molecule has 1 aliphatic rings. The molecular weight excluding hydrogens is 182 g/mol. The summed E-state index contributed by atoms with van der Waals surface area (Å²) in [5.41, 5.74) is 0. The zero-order chi connectivity index (χ0) is 9.90. The Morgan fingerprint density at radius 3 is 2.31 bits per heavy atom. The third-order valence-corrected chi connectivity index (χ3v) is 3.65. The molecule has 0 aromatic carbocycles. The molecule has 0 spiro atoms. The average Bonchev–Trinajstić information content (AvgIpc) is 2.50. The molecule has 0 radical (unpaired) electrons. The van der Waals surface area contributed by atoms with E-state index < -0.39 is 11.0 Å². The van der Waals surface area contributed by atoms with Gasteiger partial charge in [-0.25, -0.2) is 4.21 Å². The maximum absolute atomic E-state index is 11.5. The molecule has 1 aliphatic carbocycles. The quantitative estimate of drug-likeness (QED) is 0.632. The Bertz CT molecular complexity index is 211. The molecule has 1 rings (SSSR count). The van der Waals surface area contributed by atoms with E-state index in [1.807, 2.05) is 27.0 Å². The fraction of sp³-hybridized carbons (Fsp3) is 0.900. The maximum Gasteiger partial charge on any atom is 0.144 e. The van der Waals surface area contributed by atoms with E-state index in [4.69, 9.17) is 0 Å². The van der Waals surface area contributed by atoms with Gasteiger partial charge in [0.25, 0.3) is 0 Å². The minimum Gasteiger partial charge on any atom is -0.234 e. The predicted octanol–water partition coefficient (Wildman–Crippen LogP) is 2.71. The van der Waals surface area contributed by atoms with Crippen LogP contribution in [-0.2, 0) is 11.0 Å². The van der Waals surface area contributed by atoms with Crippen LogP contribution in [0.4, 0.5) is 0 Å². The monoisotopic (exact) mass is 201 g/mol. The van der Waals surface area contributed by atoms with Crippen LogP contribution in [0.3, 0.4) is 0 Å². The van der Waals surface area contributed by atoms with Crippen LogP contribution < -0.4 is 0 Å². The highest BCUT2D eigenvalue weighted by atomic mass is 32.2. The first-order valence-electron chi connectivity index (χ1n) is 4.96. The molecule has 2 nitrogen and oxygen atoms in total. The fourth-order valence-electron chi connectivity index (χ4n) is 1.41. The Morgan fingerprint density at radius 2 is 1.85 bits per heavy atom. The molecule has 1 saturated carbocycles. The molecule has 0 N–H and O–H groups in total. The van der Waals surface area contributed by atoms with Crippen LogP contribution in [0, 0.1) is 5.92 Å². The second-order valence-electron chi connectivity index (χ2n) is 4.66. The van der Waals surface area contributed by atoms with Gasteiger partial charge in [-0.15, -0.1) is 0 Å². The average molecular weight is 201 g/mol. The van der Waals surface area contributed by atoms with Crippen LogP contribution >= 0.6 is 0 Å². The summed E-state index contributed by atoms with van der Waals surface area (Å²) in [5, 5.41) is 0. The molecule has 0 heterocycles. The Morgan fingerprint density at radius 1 is 1.31 bits per heavy atom. The van der Waals surface area contributed by atoms with Gasteiger partial charge in [-0.3, -0.25) is 0 Å². The summed E-state index contributed by atoms with van der Waals surface area (Å²) in [6.45, 7) is 5.86. The maximum atomic E-state index is 11.5. The van der Waals surface area contributed by atoms with E-state index in [9.17, 15) is 4.21 Å². The van der Waals surface area contributed by atoms with Crippen molar-refractivity contribution in [3.63, 3.8) is 0 Å². The van der Waals surface area contributed by atoms with E-state index in [2.05, 4.69) is 4.40 Å². The molecule has 76 valence electrons. The summed E-state index contributed by atoms with van der Waals surface area (Å²) in [7, 11) is -1.06. The molecule has 0 saturated heterocycles. The van der Waals surface area contributed by atoms with Gasteiger partial charge in [-0.1, -0.05) is 12.8 Å². The van der Waals surface area contributed by atoms with E-state index in [0.717, 1.165) is 0 Å². The number of nitrogens with zero attached hydrogens (tertiary/aromatic N) is 1. The van der Waals surface area contributed by atoms with Crippen molar-refractivity contribution in [3.05, 3.63) is 0 Å². The first-order chi connectivity index (χ1) is 6.00. The summed E-state index contributed by atoms with van der Waals surface area (Å²) in [4.78, 5) is 0. The van der Waals surface area contributed by atoms with Gasteiger partial charge in [0.05, 0.1) is 4.75 Å². The lowest BCUT2D eigenvalue weighted by Crippen LogP contribution is -2.20. The van der Waals surface area contributed by atoms with Crippen molar-refractivity contribution in [1.29, 1.82) is 0 Å². The molecule has 3 heteroatoms. The zero-order valence-electron chi connectivity index (χ0n) is 8.75. The van der Waals surface area contributed by atoms with E-state index in [1.54, 1.807) is 0 Å². The normalized spacial score (nSPS) is 22.7. The molecule has 0 aliphatic heterocycles. The summed E-state index contributed by atoms with van der Waals surface area (Å²) in [5.74, 6) is 0.589. The second kappa shape index (κ2) is 4.36. The van der Waals surface area contributed by atoms with Gasteiger partial charge in [0.15, 0.2) is 0 Å². The van der Waals surface area contributed by atoms with E-state index >= 15 is 0 Å². The highest BCUT2D eigenvalue weighted by Crippen LogP contribution is 2.23. The molecule has 1 fully saturated rings. The van der Waals surface area contributed by atoms with Crippen molar-refractivity contribution >= 4 is 17.2 Å². The van der Waals surface area contributed by atoms with Crippen LogP contribution in [0.15, 0.2) is 4.40 Å². The highest BCUT2D eigenvalue weighted by molar-refractivity contribution is 7.85. The smallest absolute Gasteiger partial charge is 0.144 e. The minimum atomic E-state index is -1.06. The van der Waals surface area contributed by atoms with E-state index in [0.29, 0.717) is 5.92 Å². The van der Waals surface area contributed by atoms with Gasteiger partial charge in [0.1, 0.15) is 11.0 Å². The van der Waals surface area contributed by atoms with Gasteiger partial charge in [-0.2, -0.15) is 4.40 Å². The van der Waals surface area contributed by atoms with Gasteiger partial charge in [0.2, 0.25) is 0 Å². The number of hydrogen-bond donors (Lipinski definition) is 0.